The predicted octanol–water partition coefficient (Wildman–Crippen LogP) is 1.77. The monoisotopic (exact) mass is 402 g/mol. The first-order valence-electron chi connectivity index (χ1n) is 9.83. The summed E-state index contributed by atoms with van der Waals surface area (Å²) in [4.78, 5) is 29.1. The van der Waals surface area contributed by atoms with Crippen molar-refractivity contribution in [3.63, 3.8) is 0 Å². The van der Waals surface area contributed by atoms with E-state index in [0.29, 0.717) is 6.42 Å². The van der Waals surface area contributed by atoms with Crippen molar-refractivity contribution in [3.8, 4) is 11.8 Å². The number of carboxylic acid groups (broad SMARTS) is 1. The number of piperazine rings is 1. The zero-order chi connectivity index (χ0) is 21.3. The summed E-state index contributed by atoms with van der Waals surface area (Å²) < 4.78 is 5.15. The minimum absolute atomic E-state index is 0.119. The third-order valence-corrected chi connectivity index (χ3v) is 4.27. The number of carboxylic acids is 1. The Balaban J connectivity index is 1.88. The van der Waals surface area contributed by atoms with E-state index in [1.165, 1.54) is 0 Å². The standard InChI is InChI=1S/C21H30N4O4/c1-21(2,3)29-20(28)23-10-4-6-16-8-9-17(24-14-16)18-15-22-11-13-25(18)12-5-7-19(26)27/h8-9,14,18,22H,5,7,10-13,15H2,1-3H3,(H,23,28)(H,26,27). The molecular formula is C21H30N4O4. The molecule has 1 amide bonds. The van der Waals surface area contributed by atoms with Crippen LogP contribution in [0.5, 0.6) is 0 Å². The van der Waals surface area contributed by atoms with Gasteiger partial charge in [-0.3, -0.25) is 14.7 Å². The van der Waals surface area contributed by atoms with Gasteiger partial charge in [-0.15, -0.1) is 0 Å². The van der Waals surface area contributed by atoms with Crippen LogP contribution in [0.2, 0.25) is 0 Å². The predicted molar refractivity (Wildman–Crippen MR) is 109 cm³/mol. The van der Waals surface area contributed by atoms with Gasteiger partial charge in [0.1, 0.15) is 5.60 Å². The number of aliphatic carboxylic acids is 1. The second-order valence-electron chi connectivity index (χ2n) is 7.88. The van der Waals surface area contributed by atoms with Crippen LogP contribution in [0.25, 0.3) is 0 Å². The average molecular weight is 402 g/mol. The molecule has 1 aliphatic rings. The topological polar surface area (TPSA) is 104 Å². The lowest BCUT2D eigenvalue weighted by molar-refractivity contribution is -0.137. The number of nitrogens with zero attached hydrogens (tertiary/aromatic N) is 2. The zero-order valence-electron chi connectivity index (χ0n) is 17.3. The fourth-order valence-electron chi connectivity index (χ4n) is 2.99. The quantitative estimate of drug-likeness (QED) is 0.623. The number of hydrogen-bond donors (Lipinski definition) is 3. The van der Waals surface area contributed by atoms with E-state index in [9.17, 15) is 9.59 Å². The number of nitrogens with one attached hydrogen (secondary N) is 2. The third-order valence-electron chi connectivity index (χ3n) is 4.27. The van der Waals surface area contributed by atoms with Crippen LogP contribution in [0.3, 0.4) is 0 Å². The van der Waals surface area contributed by atoms with Gasteiger partial charge < -0.3 is 20.5 Å². The molecule has 0 spiro atoms. The van der Waals surface area contributed by atoms with E-state index >= 15 is 0 Å². The first-order valence-corrected chi connectivity index (χ1v) is 9.83. The highest BCUT2D eigenvalue weighted by molar-refractivity contribution is 5.68. The Labute approximate surface area is 172 Å². The van der Waals surface area contributed by atoms with Gasteiger partial charge in [-0.2, -0.15) is 0 Å². The summed E-state index contributed by atoms with van der Waals surface area (Å²) in [5.41, 5.74) is 1.16. The smallest absolute Gasteiger partial charge is 0.408 e. The molecule has 1 atom stereocenters. The van der Waals surface area contributed by atoms with Crippen LogP contribution >= 0.6 is 0 Å². The van der Waals surface area contributed by atoms with Crippen LogP contribution in [0, 0.1) is 11.8 Å². The molecule has 0 saturated carbocycles. The Hall–Kier alpha value is -2.63. The Morgan fingerprint density at radius 2 is 2.21 bits per heavy atom. The lowest BCUT2D eigenvalue weighted by atomic mass is 10.1. The molecule has 1 aromatic heterocycles. The largest absolute Gasteiger partial charge is 0.481 e. The summed E-state index contributed by atoms with van der Waals surface area (Å²) in [6.07, 6.45) is 2.03. The fourth-order valence-corrected chi connectivity index (χ4v) is 2.99. The van der Waals surface area contributed by atoms with Gasteiger partial charge in [-0.1, -0.05) is 11.8 Å². The lowest BCUT2D eigenvalue weighted by Crippen LogP contribution is -2.46. The Bertz CT molecular complexity index is 747. The van der Waals surface area contributed by atoms with E-state index in [2.05, 4.69) is 32.4 Å². The van der Waals surface area contributed by atoms with Crippen molar-refractivity contribution in [1.82, 2.24) is 20.5 Å². The number of hydrogen-bond acceptors (Lipinski definition) is 6. The highest BCUT2D eigenvalue weighted by atomic mass is 16.6. The number of amides is 1. The van der Waals surface area contributed by atoms with Crippen LogP contribution in [0.1, 0.15) is 50.9 Å². The van der Waals surface area contributed by atoms with Gasteiger partial charge in [-0.25, -0.2) is 4.79 Å². The molecular weight excluding hydrogens is 372 g/mol. The van der Waals surface area contributed by atoms with Gasteiger partial charge in [0.05, 0.1) is 18.3 Å². The second-order valence-corrected chi connectivity index (χ2v) is 7.88. The summed E-state index contributed by atoms with van der Waals surface area (Å²) in [5.74, 6) is 5.09. The van der Waals surface area contributed by atoms with E-state index in [-0.39, 0.29) is 19.0 Å². The fraction of sp³-hybridized carbons (Fsp3) is 0.571. The van der Waals surface area contributed by atoms with Crippen molar-refractivity contribution in [2.24, 2.45) is 0 Å². The summed E-state index contributed by atoms with van der Waals surface area (Å²) in [5, 5.41) is 14.8. The van der Waals surface area contributed by atoms with Gasteiger partial charge in [0.25, 0.3) is 0 Å². The van der Waals surface area contributed by atoms with Crippen molar-refractivity contribution in [2.75, 3.05) is 32.7 Å². The van der Waals surface area contributed by atoms with Gasteiger partial charge in [-0.05, 0) is 45.9 Å². The minimum atomic E-state index is -0.765. The van der Waals surface area contributed by atoms with E-state index in [1.807, 2.05) is 12.1 Å². The van der Waals surface area contributed by atoms with Crippen LogP contribution < -0.4 is 10.6 Å². The molecule has 29 heavy (non-hydrogen) atoms. The Morgan fingerprint density at radius 1 is 1.41 bits per heavy atom. The third kappa shape index (κ3) is 8.50. The van der Waals surface area contributed by atoms with E-state index in [0.717, 1.165) is 37.4 Å². The summed E-state index contributed by atoms with van der Waals surface area (Å²) in [6, 6.07) is 3.98. The van der Waals surface area contributed by atoms with E-state index in [4.69, 9.17) is 9.84 Å². The van der Waals surface area contributed by atoms with Gasteiger partial charge >= 0.3 is 12.1 Å². The molecule has 1 unspecified atom stereocenters. The van der Waals surface area contributed by atoms with Crippen LogP contribution in [-0.2, 0) is 9.53 Å². The first kappa shape index (κ1) is 22.7. The molecule has 8 nitrogen and oxygen atoms in total. The summed E-state index contributed by atoms with van der Waals surface area (Å²) in [6.45, 7) is 8.88. The van der Waals surface area contributed by atoms with Crippen molar-refractivity contribution >= 4 is 12.1 Å². The molecule has 1 saturated heterocycles. The SMILES string of the molecule is CC(C)(C)OC(=O)NCC#Cc1ccc(C2CNCCN2CCCC(=O)O)nc1. The highest BCUT2D eigenvalue weighted by Gasteiger charge is 2.24. The zero-order valence-corrected chi connectivity index (χ0v) is 17.3. The van der Waals surface area contributed by atoms with Gasteiger partial charge in [0.15, 0.2) is 0 Å². The maximum absolute atomic E-state index is 11.6. The molecule has 1 aliphatic heterocycles. The van der Waals surface area contributed by atoms with Crippen molar-refractivity contribution < 1.29 is 19.4 Å². The van der Waals surface area contributed by atoms with Crippen molar-refractivity contribution in [3.05, 3.63) is 29.6 Å². The average Bonchev–Trinajstić information content (AvgIpc) is 2.64. The number of ether oxygens (including phenoxy) is 1. The number of aromatic nitrogens is 1. The van der Waals surface area contributed by atoms with Gasteiger partial charge in [0.2, 0.25) is 0 Å². The molecule has 0 radical (unpaired) electrons. The molecule has 1 aromatic rings. The number of carbonyl (C=O) groups excluding carboxylic acids is 1. The van der Waals surface area contributed by atoms with E-state index < -0.39 is 17.7 Å². The van der Waals surface area contributed by atoms with Crippen LogP contribution in [-0.4, -0.2) is 65.4 Å². The first-order chi connectivity index (χ1) is 13.7. The molecule has 0 bridgehead atoms. The number of alkyl carbamates (subject to hydrolysis) is 1. The number of rotatable bonds is 6. The lowest BCUT2D eigenvalue weighted by Gasteiger charge is -2.35. The molecule has 158 valence electrons. The minimum Gasteiger partial charge on any atom is -0.481 e. The summed E-state index contributed by atoms with van der Waals surface area (Å²) in [7, 11) is 0. The Kier molecular flexibility index (Phi) is 8.43. The normalized spacial score (nSPS) is 17.1. The number of pyridine rings is 1. The Morgan fingerprint density at radius 3 is 2.86 bits per heavy atom. The van der Waals surface area contributed by atoms with Crippen molar-refractivity contribution in [1.29, 1.82) is 0 Å². The van der Waals surface area contributed by atoms with Crippen LogP contribution in [0.15, 0.2) is 18.3 Å². The molecule has 1 fully saturated rings. The molecule has 2 heterocycles. The number of carbonyl (C=O) groups is 2. The summed E-state index contributed by atoms with van der Waals surface area (Å²) >= 11 is 0. The maximum atomic E-state index is 11.6. The molecule has 0 aliphatic carbocycles. The molecule has 2 rings (SSSR count). The molecule has 0 aromatic carbocycles. The van der Waals surface area contributed by atoms with Crippen LogP contribution in [0.4, 0.5) is 4.79 Å². The molecule has 3 N–H and O–H groups in total. The van der Waals surface area contributed by atoms with Crippen molar-refractivity contribution in [2.45, 2.75) is 45.3 Å². The highest BCUT2D eigenvalue weighted by Crippen LogP contribution is 2.21. The second kappa shape index (κ2) is 10.8. The maximum Gasteiger partial charge on any atom is 0.408 e. The molecule has 8 heteroatoms. The van der Waals surface area contributed by atoms with Gasteiger partial charge in [0, 0.05) is 37.8 Å². The van der Waals surface area contributed by atoms with E-state index in [1.54, 1.807) is 27.0 Å².